The van der Waals surface area contributed by atoms with Crippen LogP contribution < -0.4 is 10.6 Å². The zero-order chi connectivity index (χ0) is 15.0. The molecular weight excluding hydrogens is 262 g/mol. The van der Waals surface area contributed by atoms with E-state index in [0.29, 0.717) is 11.3 Å². The summed E-state index contributed by atoms with van der Waals surface area (Å²) in [4.78, 5) is 17.5. The quantitative estimate of drug-likeness (QED) is 0.707. The number of nitrogens with one attached hydrogen (secondary N) is 1. The third-order valence-electron chi connectivity index (χ3n) is 3.72. The standard InChI is InChI=1S/C17H17N3O/c1-11-5-3-4-6-16(11)20(2)17(21)14-10-19-15-8-7-12(18)9-13(14)15/h3-10,19H,18H2,1-2H3. The lowest BCUT2D eigenvalue weighted by Crippen LogP contribution is -2.26. The van der Waals surface area contributed by atoms with E-state index in [2.05, 4.69) is 4.98 Å². The normalized spacial score (nSPS) is 10.8. The van der Waals surface area contributed by atoms with Gasteiger partial charge in [0.05, 0.1) is 5.56 Å². The molecule has 3 N–H and O–H groups in total. The highest BCUT2D eigenvalue weighted by Crippen LogP contribution is 2.25. The second-order valence-corrected chi connectivity index (χ2v) is 5.16. The number of aromatic nitrogens is 1. The predicted octanol–water partition coefficient (Wildman–Crippen LogP) is 3.34. The summed E-state index contributed by atoms with van der Waals surface area (Å²) in [6.45, 7) is 1.99. The Morgan fingerprint density at radius 3 is 2.71 bits per heavy atom. The van der Waals surface area contributed by atoms with Gasteiger partial charge in [-0.05, 0) is 36.8 Å². The smallest absolute Gasteiger partial charge is 0.260 e. The van der Waals surface area contributed by atoms with Crippen molar-refractivity contribution in [2.45, 2.75) is 6.92 Å². The molecule has 0 aliphatic carbocycles. The summed E-state index contributed by atoms with van der Waals surface area (Å²) in [6.07, 6.45) is 1.74. The molecule has 0 fully saturated rings. The number of rotatable bonds is 2. The van der Waals surface area contributed by atoms with E-state index in [1.807, 2.05) is 49.4 Å². The molecule has 3 aromatic rings. The molecule has 0 atom stereocenters. The molecule has 0 aliphatic heterocycles. The van der Waals surface area contributed by atoms with Crippen LogP contribution in [0, 0.1) is 6.92 Å². The summed E-state index contributed by atoms with van der Waals surface area (Å²) in [5, 5.41) is 0.848. The van der Waals surface area contributed by atoms with E-state index in [-0.39, 0.29) is 5.91 Å². The molecule has 0 bridgehead atoms. The summed E-state index contributed by atoms with van der Waals surface area (Å²) in [6, 6.07) is 13.4. The number of carbonyl (C=O) groups is 1. The van der Waals surface area contributed by atoms with Gasteiger partial charge < -0.3 is 15.6 Å². The Labute approximate surface area is 123 Å². The van der Waals surface area contributed by atoms with Crippen molar-refractivity contribution in [3.8, 4) is 0 Å². The zero-order valence-electron chi connectivity index (χ0n) is 12.1. The SMILES string of the molecule is Cc1ccccc1N(C)C(=O)c1c[nH]c2ccc(N)cc12. The molecule has 0 saturated carbocycles. The first kappa shape index (κ1) is 13.2. The highest BCUT2D eigenvalue weighted by molar-refractivity contribution is 6.14. The summed E-state index contributed by atoms with van der Waals surface area (Å²) in [5.41, 5.74) is 9.97. The van der Waals surface area contributed by atoms with Gasteiger partial charge in [0.15, 0.2) is 0 Å². The number of fused-ring (bicyclic) bond motifs is 1. The van der Waals surface area contributed by atoms with Crippen LogP contribution in [0.5, 0.6) is 0 Å². The molecule has 3 rings (SSSR count). The van der Waals surface area contributed by atoms with Gasteiger partial charge in [-0.1, -0.05) is 18.2 Å². The molecule has 21 heavy (non-hydrogen) atoms. The maximum atomic E-state index is 12.7. The van der Waals surface area contributed by atoms with E-state index in [0.717, 1.165) is 22.2 Å². The van der Waals surface area contributed by atoms with Crippen molar-refractivity contribution in [3.63, 3.8) is 0 Å². The minimum Gasteiger partial charge on any atom is -0.399 e. The number of carbonyl (C=O) groups excluding carboxylic acids is 1. The topological polar surface area (TPSA) is 62.1 Å². The van der Waals surface area contributed by atoms with Gasteiger partial charge in [0, 0.05) is 35.5 Å². The predicted molar refractivity (Wildman–Crippen MR) is 86.6 cm³/mol. The number of nitrogens with two attached hydrogens (primary N) is 1. The van der Waals surface area contributed by atoms with E-state index in [9.17, 15) is 4.79 Å². The molecule has 4 nitrogen and oxygen atoms in total. The first-order valence-corrected chi connectivity index (χ1v) is 6.78. The van der Waals surface area contributed by atoms with Crippen molar-refractivity contribution in [2.24, 2.45) is 0 Å². The van der Waals surface area contributed by atoms with Crippen LogP contribution in [0.15, 0.2) is 48.7 Å². The Morgan fingerprint density at radius 2 is 1.95 bits per heavy atom. The third-order valence-corrected chi connectivity index (χ3v) is 3.72. The maximum Gasteiger partial charge on any atom is 0.260 e. The molecule has 0 spiro atoms. The van der Waals surface area contributed by atoms with Gasteiger partial charge >= 0.3 is 0 Å². The number of anilines is 2. The van der Waals surface area contributed by atoms with E-state index in [1.54, 1.807) is 18.1 Å². The number of aromatic amines is 1. The molecule has 0 unspecified atom stereocenters. The second kappa shape index (κ2) is 4.98. The number of H-pyrrole nitrogens is 1. The molecule has 0 saturated heterocycles. The molecule has 2 aromatic carbocycles. The lowest BCUT2D eigenvalue weighted by molar-refractivity contribution is 0.0994. The summed E-state index contributed by atoms with van der Waals surface area (Å²) < 4.78 is 0. The van der Waals surface area contributed by atoms with Crippen LogP contribution >= 0.6 is 0 Å². The Kier molecular flexibility index (Phi) is 3.14. The van der Waals surface area contributed by atoms with Gasteiger partial charge in [-0.3, -0.25) is 4.79 Å². The van der Waals surface area contributed by atoms with Gasteiger partial charge in [0.1, 0.15) is 0 Å². The second-order valence-electron chi connectivity index (χ2n) is 5.16. The molecule has 1 amide bonds. The lowest BCUT2D eigenvalue weighted by atomic mass is 10.1. The Hall–Kier alpha value is -2.75. The van der Waals surface area contributed by atoms with Gasteiger partial charge in [-0.25, -0.2) is 0 Å². The fraction of sp³-hybridized carbons (Fsp3) is 0.118. The highest BCUT2D eigenvalue weighted by Gasteiger charge is 2.18. The van der Waals surface area contributed by atoms with E-state index in [4.69, 9.17) is 5.73 Å². The minimum atomic E-state index is -0.0545. The van der Waals surface area contributed by atoms with E-state index in [1.165, 1.54) is 0 Å². The van der Waals surface area contributed by atoms with Crippen molar-refractivity contribution in [3.05, 3.63) is 59.8 Å². The van der Waals surface area contributed by atoms with Crippen molar-refractivity contribution in [2.75, 3.05) is 17.7 Å². The molecule has 106 valence electrons. The summed E-state index contributed by atoms with van der Waals surface area (Å²) in [5.74, 6) is -0.0545. The molecular formula is C17H17N3O. The van der Waals surface area contributed by atoms with Crippen LogP contribution in [0.2, 0.25) is 0 Å². The molecule has 1 aromatic heterocycles. The van der Waals surface area contributed by atoms with Crippen molar-refractivity contribution in [1.82, 2.24) is 4.98 Å². The summed E-state index contributed by atoms with van der Waals surface area (Å²) >= 11 is 0. The third kappa shape index (κ3) is 2.25. The van der Waals surface area contributed by atoms with Gasteiger partial charge in [0.25, 0.3) is 5.91 Å². The van der Waals surface area contributed by atoms with E-state index >= 15 is 0 Å². The Bertz CT molecular complexity index is 820. The van der Waals surface area contributed by atoms with Crippen molar-refractivity contribution in [1.29, 1.82) is 0 Å². The number of nitrogens with zero attached hydrogens (tertiary/aromatic N) is 1. The van der Waals surface area contributed by atoms with Crippen LogP contribution in [0.4, 0.5) is 11.4 Å². The molecule has 1 heterocycles. The van der Waals surface area contributed by atoms with Crippen LogP contribution in [-0.2, 0) is 0 Å². The number of para-hydroxylation sites is 1. The van der Waals surface area contributed by atoms with Crippen molar-refractivity contribution >= 4 is 28.2 Å². The Morgan fingerprint density at radius 1 is 1.19 bits per heavy atom. The zero-order valence-corrected chi connectivity index (χ0v) is 12.1. The first-order chi connectivity index (χ1) is 10.1. The number of nitrogen functional groups attached to an aromatic ring is 1. The number of amides is 1. The van der Waals surface area contributed by atoms with Crippen LogP contribution in [-0.4, -0.2) is 17.9 Å². The Balaban J connectivity index is 2.04. The average molecular weight is 279 g/mol. The lowest BCUT2D eigenvalue weighted by Gasteiger charge is -2.19. The van der Waals surface area contributed by atoms with Crippen LogP contribution in [0.1, 0.15) is 15.9 Å². The van der Waals surface area contributed by atoms with Gasteiger partial charge in [0.2, 0.25) is 0 Å². The first-order valence-electron chi connectivity index (χ1n) is 6.78. The van der Waals surface area contributed by atoms with Crippen LogP contribution in [0.25, 0.3) is 10.9 Å². The highest BCUT2D eigenvalue weighted by atomic mass is 16.2. The van der Waals surface area contributed by atoms with Gasteiger partial charge in [-0.15, -0.1) is 0 Å². The van der Waals surface area contributed by atoms with Crippen LogP contribution in [0.3, 0.4) is 0 Å². The molecule has 4 heteroatoms. The molecule has 0 radical (unpaired) electrons. The average Bonchev–Trinajstić information content (AvgIpc) is 2.89. The fourth-order valence-electron chi connectivity index (χ4n) is 2.55. The fourth-order valence-corrected chi connectivity index (χ4v) is 2.55. The van der Waals surface area contributed by atoms with Gasteiger partial charge in [-0.2, -0.15) is 0 Å². The number of aryl methyl sites for hydroxylation is 1. The minimum absolute atomic E-state index is 0.0545. The maximum absolute atomic E-state index is 12.7. The van der Waals surface area contributed by atoms with Crippen molar-refractivity contribution < 1.29 is 4.79 Å². The number of hydrogen-bond donors (Lipinski definition) is 2. The number of benzene rings is 2. The summed E-state index contributed by atoms with van der Waals surface area (Å²) in [7, 11) is 1.79. The van der Waals surface area contributed by atoms with E-state index < -0.39 is 0 Å². The number of hydrogen-bond acceptors (Lipinski definition) is 2. The monoisotopic (exact) mass is 279 g/mol. The largest absolute Gasteiger partial charge is 0.399 e. The molecule has 0 aliphatic rings.